The quantitative estimate of drug-likeness (QED) is 0.885. The van der Waals surface area contributed by atoms with Crippen LogP contribution in [0.5, 0.6) is 0 Å². The average molecular weight is 308 g/mol. The van der Waals surface area contributed by atoms with Gasteiger partial charge in [-0.2, -0.15) is 5.26 Å². The number of nitrogens with one attached hydrogen (secondary N) is 1. The largest absolute Gasteiger partial charge is 0.378 e. The summed E-state index contributed by atoms with van der Waals surface area (Å²) in [6.07, 6.45) is 2.54. The standard InChI is InChI=1S/C14H16N2O4S/c15-10-11-3-1-5-13(9-11)21(18,19)16-14(17)7-6-12-4-2-8-20-12/h1,3,5,9,12H,2,4,6-8H2,(H,16,17). The van der Waals surface area contributed by atoms with E-state index in [1.807, 2.05) is 10.8 Å². The van der Waals surface area contributed by atoms with Crippen molar-refractivity contribution in [1.29, 1.82) is 5.26 Å². The number of nitriles is 1. The first-order chi connectivity index (χ1) is 10.0. The normalized spacial score (nSPS) is 18.1. The second-order valence-corrected chi connectivity index (χ2v) is 6.52. The Morgan fingerprint density at radius 1 is 1.48 bits per heavy atom. The molecule has 1 aromatic carbocycles. The molecule has 1 aromatic rings. The third kappa shape index (κ3) is 4.28. The van der Waals surface area contributed by atoms with Gasteiger partial charge in [-0.15, -0.1) is 0 Å². The Morgan fingerprint density at radius 3 is 2.95 bits per heavy atom. The summed E-state index contributed by atoms with van der Waals surface area (Å²) < 4.78 is 31.5. The number of rotatable bonds is 5. The summed E-state index contributed by atoms with van der Waals surface area (Å²) in [5.41, 5.74) is 0.227. The number of nitrogens with zero attached hydrogens (tertiary/aromatic N) is 1. The Labute approximate surface area is 123 Å². The number of carbonyl (C=O) groups excluding carboxylic acids is 1. The maximum atomic E-state index is 12.0. The molecule has 1 unspecified atom stereocenters. The third-order valence-electron chi connectivity index (χ3n) is 3.24. The molecule has 0 aromatic heterocycles. The molecule has 21 heavy (non-hydrogen) atoms. The number of ether oxygens (including phenoxy) is 1. The zero-order chi connectivity index (χ0) is 15.3. The lowest BCUT2D eigenvalue weighted by Crippen LogP contribution is -2.31. The molecule has 1 fully saturated rings. The van der Waals surface area contributed by atoms with Gasteiger partial charge >= 0.3 is 0 Å². The van der Waals surface area contributed by atoms with Gasteiger partial charge in [0, 0.05) is 13.0 Å². The van der Waals surface area contributed by atoms with Crippen molar-refractivity contribution < 1.29 is 17.9 Å². The molecular weight excluding hydrogens is 292 g/mol. The highest BCUT2D eigenvalue weighted by Crippen LogP contribution is 2.17. The van der Waals surface area contributed by atoms with E-state index in [9.17, 15) is 13.2 Å². The summed E-state index contributed by atoms with van der Waals surface area (Å²) in [5.74, 6) is -0.562. The van der Waals surface area contributed by atoms with Crippen LogP contribution in [0, 0.1) is 11.3 Å². The summed E-state index contributed by atoms with van der Waals surface area (Å²) in [5, 5.41) is 8.77. The van der Waals surface area contributed by atoms with Gasteiger partial charge in [-0.3, -0.25) is 4.79 Å². The SMILES string of the molecule is N#Cc1cccc(S(=O)(=O)NC(=O)CCC2CCCO2)c1. The van der Waals surface area contributed by atoms with Gasteiger partial charge in [0.1, 0.15) is 0 Å². The number of sulfonamides is 1. The van der Waals surface area contributed by atoms with Gasteiger partial charge in [-0.05, 0) is 37.5 Å². The Bertz CT molecular complexity index is 658. The van der Waals surface area contributed by atoms with Crippen LogP contribution in [0.1, 0.15) is 31.2 Å². The number of benzene rings is 1. The number of hydrogen-bond acceptors (Lipinski definition) is 5. The van der Waals surface area contributed by atoms with E-state index in [1.165, 1.54) is 24.3 Å². The Morgan fingerprint density at radius 2 is 2.29 bits per heavy atom. The molecule has 1 heterocycles. The van der Waals surface area contributed by atoms with Crippen LogP contribution < -0.4 is 4.72 Å². The van der Waals surface area contributed by atoms with Crippen molar-refractivity contribution in [2.24, 2.45) is 0 Å². The molecule has 1 atom stereocenters. The summed E-state index contributed by atoms with van der Waals surface area (Å²) >= 11 is 0. The monoisotopic (exact) mass is 308 g/mol. The van der Waals surface area contributed by atoms with Crippen molar-refractivity contribution in [3.05, 3.63) is 29.8 Å². The predicted octanol–water partition coefficient (Wildman–Crippen LogP) is 1.32. The van der Waals surface area contributed by atoms with Crippen molar-refractivity contribution in [2.45, 2.75) is 36.7 Å². The van der Waals surface area contributed by atoms with Crippen LogP contribution in [0.15, 0.2) is 29.2 Å². The maximum absolute atomic E-state index is 12.0. The van der Waals surface area contributed by atoms with E-state index in [4.69, 9.17) is 10.00 Å². The highest BCUT2D eigenvalue weighted by atomic mass is 32.2. The van der Waals surface area contributed by atoms with Gasteiger partial charge in [0.15, 0.2) is 0 Å². The molecule has 0 bridgehead atoms. The fourth-order valence-corrected chi connectivity index (χ4v) is 3.22. The number of amides is 1. The van der Waals surface area contributed by atoms with E-state index in [0.29, 0.717) is 13.0 Å². The molecule has 1 saturated heterocycles. The van der Waals surface area contributed by atoms with Gasteiger partial charge in [-0.25, -0.2) is 13.1 Å². The van der Waals surface area contributed by atoms with Crippen LogP contribution in [0.2, 0.25) is 0 Å². The van der Waals surface area contributed by atoms with Gasteiger partial charge < -0.3 is 4.74 Å². The molecule has 1 N–H and O–H groups in total. The first-order valence-electron chi connectivity index (χ1n) is 6.69. The van der Waals surface area contributed by atoms with Gasteiger partial charge in [0.25, 0.3) is 10.0 Å². The molecular formula is C14H16N2O4S. The van der Waals surface area contributed by atoms with E-state index >= 15 is 0 Å². The predicted molar refractivity (Wildman–Crippen MR) is 74.7 cm³/mol. The first-order valence-corrected chi connectivity index (χ1v) is 8.17. The lowest BCUT2D eigenvalue weighted by Gasteiger charge is -2.10. The Balaban J connectivity index is 1.96. The minimum Gasteiger partial charge on any atom is -0.378 e. The molecule has 0 spiro atoms. The van der Waals surface area contributed by atoms with Crippen molar-refractivity contribution in [3.8, 4) is 6.07 Å². The summed E-state index contributed by atoms with van der Waals surface area (Å²) in [4.78, 5) is 11.6. The van der Waals surface area contributed by atoms with Crippen molar-refractivity contribution in [1.82, 2.24) is 4.72 Å². The molecule has 1 amide bonds. The Kier molecular flexibility index (Phi) is 4.94. The van der Waals surface area contributed by atoms with Crippen molar-refractivity contribution in [2.75, 3.05) is 6.61 Å². The highest BCUT2D eigenvalue weighted by molar-refractivity contribution is 7.90. The van der Waals surface area contributed by atoms with Gasteiger partial charge in [-0.1, -0.05) is 6.07 Å². The average Bonchev–Trinajstić information content (AvgIpc) is 2.98. The van der Waals surface area contributed by atoms with Crippen molar-refractivity contribution >= 4 is 15.9 Å². The summed E-state index contributed by atoms with van der Waals surface area (Å²) in [6, 6.07) is 7.40. The van der Waals surface area contributed by atoms with Crippen LogP contribution >= 0.6 is 0 Å². The third-order valence-corrected chi connectivity index (χ3v) is 4.61. The topological polar surface area (TPSA) is 96.3 Å². The zero-order valence-corrected chi connectivity index (χ0v) is 12.2. The molecule has 0 radical (unpaired) electrons. The van der Waals surface area contributed by atoms with Crippen LogP contribution in [0.25, 0.3) is 0 Å². The fourth-order valence-electron chi connectivity index (χ4n) is 2.16. The van der Waals surface area contributed by atoms with E-state index < -0.39 is 15.9 Å². The minimum atomic E-state index is -3.93. The van der Waals surface area contributed by atoms with Crippen LogP contribution in [0.3, 0.4) is 0 Å². The first kappa shape index (κ1) is 15.5. The molecule has 1 aliphatic heterocycles. The van der Waals surface area contributed by atoms with E-state index in [0.717, 1.165) is 12.8 Å². The zero-order valence-electron chi connectivity index (χ0n) is 11.4. The lowest BCUT2D eigenvalue weighted by molar-refractivity contribution is -0.119. The van der Waals surface area contributed by atoms with E-state index in [-0.39, 0.29) is 23.0 Å². The van der Waals surface area contributed by atoms with E-state index in [2.05, 4.69) is 0 Å². The summed E-state index contributed by atoms with van der Waals surface area (Å²) in [6.45, 7) is 0.700. The number of carbonyl (C=O) groups is 1. The molecule has 0 aliphatic carbocycles. The molecule has 112 valence electrons. The molecule has 1 aliphatic rings. The van der Waals surface area contributed by atoms with Crippen LogP contribution in [-0.4, -0.2) is 27.0 Å². The van der Waals surface area contributed by atoms with E-state index in [1.54, 1.807) is 0 Å². The smallest absolute Gasteiger partial charge is 0.264 e. The van der Waals surface area contributed by atoms with Gasteiger partial charge in [0.05, 0.1) is 22.6 Å². The Hall–Kier alpha value is -1.91. The fraction of sp³-hybridized carbons (Fsp3) is 0.429. The van der Waals surface area contributed by atoms with Crippen LogP contribution in [0.4, 0.5) is 0 Å². The highest BCUT2D eigenvalue weighted by Gasteiger charge is 2.20. The lowest BCUT2D eigenvalue weighted by atomic mass is 10.1. The second kappa shape index (κ2) is 6.70. The van der Waals surface area contributed by atoms with Gasteiger partial charge in [0.2, 0.25) is 5.91 Å². The molecule has 6 nitrogen and oxygen atoms in total. The minimum absolute atomic E-state index is 0.0420. The van der Waals surface area contributed by atoms with Crippen molar-refractivity contribution in [3.63, 3.8) is 0 Å². The molecule has 0 saturated carbocycles. The maximum Gasteiger partial charge on any atom is 0.264 e. The number of hydrogen-bond donors (Lipinski definition) is 1. The molecule has 7 heteroatoms. The second-order valence-electron chi connectivity index (χ2n) is 4.84. The van der Waals surface area contributed by atoms with Crippen LogP contribution in [-0.2, 0) is 19.6 Å². The molecule has 2 rings (SSSR count). The summed E-state index contributed by atoms with van der Waals surface area (Å²) in [7, 11) is -3.93.